The molecule has 2 aliphatic rings. The molecule has 6 nitrogen and oxygen atoms in total. The Balaban J connectivity index is 1.42. The summed E-state index contributed by atoms with van der Waals surface area (Å²) in [6.07, 6.45) is 2.91. The van der Waals surface area contributed by atoms with E-state index in [9.17, 15) is 4.79 Å². The number of carbonyl (C=O) groups is 1. The van der Waals surface area contributed by atoms with Crippen molar-refractivity contribution in [3.05, 3.63) is 41.2 Å². The Morgan fingerprint density at radius 2 is 2.20 bits per heavy atom. The van der Waals surface area contributed by atoms with Crippen LogP contribution in [0.15, 0.2) is 24.3 Å². The molecule has 1 atom stereocenters. The molecule has 1 fully saturated rings. The Morgan fingerprint density at radius 3 is 3.04 bits per heavy atom. The molecule has 4 rings (SSSR count). The van der Waals surface area contributed by atoms with Gasteiger partial charge in [0.2, 0.25) is 6.79 Å². The number of rotatable bonds is 5. The van der Waals surface area contributed by atoms with Gasteiger partial charge in [-0.2, -0.15) is 5.10 Å². The number of aromatic amines is 1. The number of fused-ring (bicyclic) bond motifs is 1. The standard InChI is InChI=1S/C19H23N3O3/c1-2-15-9-16(21-20-15)11-22-7-3-4-14(10-22)19(23)13-5-6-17-18(8-13)25-12-24-17/h5-6,8-9,14H,2-4,7,10-12H2,1H3,(H,20,21). The van der Waals surface area contributed by atoms with E-state index < -0.39 is 0 Å². The summed E-state index contributed by atoms with van der Waals surface area (Å²) in [6, 6.07) is 7.60. The van der Waals surface area contributed by atoms with Crippen molar-refractivity contribution >= 4 is 5.78 Å². The van der Waals surface area contributed by atoms with E-state index >= 15 is 0 Å². The van der Waals surface area contributed by atoms with Crippen LogP contribution in [0.5, 0.6) is 11.5 Å². The van der Waals surface area contributed by atoms with Gasteiger partial charge in [0.1, 0.15) is 0 Å². The zero-order valence-corrected chi connectivity index (χ0v) is 14.5. The SMILES string of the molecule is CCc1cc(CN2CCCC(C(=O)c3ccc4c(c3)OCO4)C2)[nH]n1. The normalized spacial score (nSPS) is 20.0. The fraction of sp³-hybridized carbons (Fsp3) is 0.474. The van der Waals surface area contributed by atoms with Crippen LogP contribution in [0.2, 0.25) is 0 Å². The van der Waals surface area contributed by atoms with Gasteiger partial charge in [-0.1, -0.05) is 6.92 Å². The minimum Gasteiger partial charge on any atom is -0.454 e. The quantitative estimate of drug-likeness (QED) is 0.847. The van der Waals surface area contributed by atoms with E-state index in [0.29, 0.717) is 17.1 Å². The number of aromatic nitrogens is 2. The first kappa shape index (κ1) is 16.1. The molecule has 1 aromatic carbocycles. The molecule has 2 aliphatic heterocycles. The molecule has 0 radical (unpaired) electrons. The number of likely N-dealkylation sites (tertiary alicyclic amines) is 1. The molecule has 25 heavy (non-hydrogen) atoms. The summed E-state index contributed by atoms with van der Waals surface area (Å²) in [7, 11) is 0. The van der Waals surface area contributed by atoms with Crippen molar-refractivity contribution in [2.75, 3.05) is 19.9 Å². The summed E-state index contributed by atoms with van der Waals surface area (Å²) < 4.78 is 10.7. The van der Waals surface area contributed by atoms with Crippen molar-refractivity contribution in [3.8, 4) is 11.5 Å². The number of benzene rings is 1. The maximum atomic E-state index is 12.9. The van der Waals surface area contributed by atoms with Crippen molar-refractivity contribution in [2.45, 2.75) is 32.7 Å². The molecule has 1 aromatic heterocycles. The molecular weight excluding hydrogens is 318 g/mol. The molecule has 1 saturated heterocycles. The number of hydrogen-bond acceptors (Lipinski definition) is 5. The maximum Gasteiger partial charge on any atom is 0.231 e. The number of carbonyl (C=O) groups excluding carboxylic acids is 1. The number of hydrogen-bond donors (Lipinski definition) is 1. The molecule has 0 aliphatic carbocycles. The van der Waals surface area contributed by atoms with Crippen molar-refractivity contribution < 1.29 is 14.3 Å². The van der Waals surface area contributed by atoms with Crippen LogP contribution in [0.25, 0.3) is 0 Å². The third-order valence-electron chi connectivity index (χ3n) is 4.97. The van der Waals surface area contributed by atoms with Gasteiger partial charge in [0.15, 0.2) is 17.3 Å². The van der Waals surface area contributed by atoms with Crippen LogP contribution >= 0.6 is 0 Å². The zero-order valence-electron chi connectivity index (χ0n) is 14.5. The van der Waals surface area contributed by atoms with Crippen molar-refractivity contribution in [1.29, 1.82) is 0 Å². The highest BCUT2D eigenvalue weighted by Gasteiger charge is 2.28. The smallest absolute Gasteiger partial charge is 0.231 e. The topological polar surface area (TPSA) is 67.5 Å². The fourth-order valence-electron chi connectivity index (χ4n) is 3.61. The van der Waals surface area contributed by atoms with Gasteiger partial charge in [-0.15, -0.1) is 0 Å². The van der Waals surface area contributed by atoms with E-state index in [4.69, 9.17) is 9.47 Å². The van der Waals surface area contributed by atoms with E-state index in [0.717, 1.165) is 50.3 Å². The van der Waals surface area contributed by atoms with E-state index in [1.807, 2.05) is 18.2 Å². The molecule has 3 heterocycles. The first-order valence-electron chi connectivity index (χ1n) is 8.92. The van der Waals surface area contributed by atoms with Gasteiger partial charge in [-0.05, 0) is 50.1 Å². The van der Waals surface area contributed by atoms with Gasteiger partial charge in [0.05, 0.1) is 5.69 Å². The first-order valence-corrected chi connectivity index (χ1v) is 8.92. The van der Waals surface area contributed by atoms with Crippen molar-refractivity contribution in [3.63, 3.8) is 0 Å². The van der Waals surface area contributed by atoms with E-state index in [1.165, 1.54) is 0 Å². The van der Waals surface area contributed by atoms with Crippen LogP contribution in [0.1, 0.15) is 41.5 Å². The highest BCUT2D eigenvalue weighted by atomic mass is 16.7. The third-order valence-corrected chi connectivity index (χ3v) is 4.97. The van der Waals surface area contributed by atoms with Crippen LogP contribution < -0.4 is 9.47 Å². The summed E-state index contributed by atoms with van der Waals surface area (Å²) >= 11 is 0. The number of H-pyrrole nitrogens is 1. The molecule has 0 amide bonds. The monoisotopic (exact) mass is 341 g/mol. The van der Waals surface area contributed by atoms with Gasteiger partial charge in [-0.25, -0.2) is 0 Å². The van der Waals surface area contributed by atoms with Crippen LogP contribution in [-0.4, -0.2) is 40.8 Å². The number of ketones is 1. The summed E-state index contributed by atoms with van der Waals surface area (Å²) in [5.41, 5.74) is 2.92. The number of nitrogens with zero attached hydrogens (tertiary/aromatic N) is 2. The first-order chi connectivity index (χ1) is 12.2. The highest BCUT2D eigenvalue weighted by Crippen LogP contribution is 2.34. The number of aryl methyl sites for hydroxylation is 1. The third kappa shape index (κ3) is 3.39. The van der Waals surface area contributed by atoms with E-state index in [-0.39, 0.29) is 18.5 Å². The van der Waals surface area contributed by atoms with Crippen LogP contribution in [0.3, 0.4) is 0 Å². The summed E-state index contributed by atoms with van der Waals surface area (Å²) in [6.45, 7) is 4.95. The second-order valence-corrected chi connectivity index (χ2v) is 6.74. The molecule has 1 N–H and O–H groups in total. The largest absolute Gasteiger partial charge is 0.454 e. The maximum absolute atomic E-state index is 12.9. The van der Waals surface area contributed by atoms with Crippen LogP contribution in [-0.2, 0) is 13.0 Å². The number of ether oxygens (including phenoxy) is 2. The lowest BCUT2D eigenvalue weighted by Crippen LogP contribution is -2.38. The molecular formula is C19H23N3O3. The summed E-state index contributed by atoms with van der Waals surface area (Å²) in [4.78, 5) is 15.2. The molecule has 2 aromatic rings. The average molecular weight is 341 g/mol. The predicted octanol–water partition coefficient (Wildman–Crippen LogP) is 2.80. The molecule has 6 heteroatoms. The second-order valence-electron chi connectivity index (χ2n) is 6.74. The molecule has 132 valence electrons. The number of piperidine rings is 1. The minimum atomic E-state index is 0.0303. The van der Waals surface area contributed by atoms with Crippen LogP contribution in [0.4, 0.5) is 0 Å². The molecule has 0 saturated carbocycles. The molecule has 0 spiro atoms. The predicted molar refractivity (Wildman–Crippen MR) is 92.9 cm³/mol. The van der Waals surface area contributed by atoms with Gasteiger partial charge >= 0.3 is 0 Å². The summed E-state index contributed by atoms with van der Waals surface area (Å²) in [5, 5.41) is 7.39. The number of Topliss-reactive ketones (excluding diaryl/α,β-unsaturated/α-hetero) is 1. The highest BCUT2D eigenvalue weighted by molar-refractivity contribution is 5.98. The lowest BCUT2D eigenvalue weighted by Gasteiger charge is -2.31. The van der Waals surface area contributed by atoms with Gasteiger partial charge in [-0.3, -0.25) is 14.8 Å². The Morgan fingerprint density at radius 1 is 1.32 bits per heavy atom. The second kappa shape index (κ2) is 6.88. The summed E-state index contributed by atoms with van der Waals surface area (Å²) in [5.74, 6) is 1.61. The Bertz CT molecular complexity index is 771. The zero-order chi connectivity index (χ0) is 17.2. The lowest BCUT2D eigenvalue weighted by atomic mass is 9.90. The Hall–Kier alpha value is -2.34. The van der Waals surface area contributed by atoms with Gasteiger partial charge < -0.3 is 9.47 Å². The van der Waals surface area contributed by atoms with E-state index in [2.05, 4.69) is 28.1 Å². The lowest BCUT2D eigenvalue weighted by molar-refractivity contribution is 0.0809. The van der Waals surface area contributed by atoms with Gasteiger partial charge in [0.25, 0.3) is 0 Å². The van der Waals surface area contributed by atoms with Gasteiger partial charge in [0, 0.05) is 30.3 Å². The van der Waals surface area contributed by atoms with Crippen molar-refractivity contribution in [1.82, 2.24) is 15.1 Å². The van der Waals surface area contributed by atoms with Crippen molar-refractivity contribution in [2.24, 2.45) is 5.92 Å². The minimum absolute atomic E-state index is 0.0303. The average Bonchev–Trinajstić information content (AvgIpc) is 3.29. The Kier molecular flexibility index (Phi) is 4.44. The van der Waals surface area contributed by atoms with E-state index in [1.54, 1.807) is 0 Å². The number of nitrogens with one attached hydrogen (secondary N) is 1. The fourth-order valence-corrected chi connectivity index (χ4v) is 3.61. The molecule has 1 unspecified atom stereocenters. The van der Waals surface area contributed by atoms with Crippen LogP contribution in [0, 0.1) is 5.92 Å². The Labute approximate surface area is 147 Å². The molecule has 0 bridgehead atoms.